The van der Waals surface area contributed by atoms with E-state index >= 15 is 0 Å². The molecule has 4 nitrogen and oxygen atoms in total. The third-order valence-corrected chi connectivity index (χ3v) is 2.69. The van der Waals surface area contributed by atoms with Crippen LogP contribution in [-0.4, -0.2) is 46.3 Å². The Morgan fingerprint density at radius 2 is 2.00 bits per heavy atom. The SMILES string of the molecule is CCCN(CC(=O)O)CC(C)(O)C(C)C. The van der Waals surface area contributed by atoms with E-state index in [0.717, 1.165) is 6.42 Å². The van der Waals surface area contributed by atoms with Gasteiger partial charge in [-0.1, -0.05) is 20.8 Å². The maximum atomic E-state index is 10.6. The fourth-order valence-electron chi connectivity index (χ4n) is 1.36. The van der Waals surface area contributed by atoms with E-state index in [1.54, 1.807) is 11.8 Å². The molecule has 0 aromatic rings. The molecule has 0 fully saturated rings. The van der Waals surface area contributed by atoms with E-state index in [9.17, 15) is 9.90 Å². The molecule has 0 heterocycles. The second-order valence-electron chi connectivity index (χ2n) is 4.62. The summed E-state index contributed by atoms with van der Waals surface area (Å²) in [4.78, 5) is 12.4. The average Bonchev–Trinajstić information content (AvgIpc) is 2.01. The lowest BCUT2D eigenvalue weighted by molar-refractivity contribution is -0.139. The monoisotopic (exact) mass is 217 g/mol. The maximum Gasteiger partial charge on any atom is 0.317 e. The van der Waals surface area contributed by atoms with E-state index in [0.29, 0.717) is 13.1 Å². The van der Waals surface area contributed by atoms with Gasteiger partial charge in [-0.2, -0.15) is 0 Å². The van der Waals surface area contributed by atoms with Crippen LogP contribution in [0.3, 0.4) is 0 Å². The van der Waals surface area contributed by atoms with Crippen molar-refractivity contribution in [1.29, 1.82) is 0 Å². The summed E-state index contributed by atoms with van der Waals surface area (Å²) in [5.41, 5.74) is -0.829. The third-order valence-electron chi connectivity index (χ3n) is 2.69. The Bertz CT molecular complexity index is 202. The highest BCUT2D eigenvalue weighted by Gasteiger charge is 2.28. The predicted octanol–water partition coefficient (Wildman–Crippen LogP) is 1.19. The van der Waals surface area contributed by atoms with Crippen molar-refractivity contribution in [1.82, 2.24) is 4.90 Å². The molecule has 1 atom stereocenters. The van der Waals surface area contributed by atoms with Crippen molar-refractivity contribution in [3.05, 3.63) is 0 Å². The number of nitrogens with zero attached hydrogens (tertiary/aromatic N) is 1. The Morgan fingerprint density at radius 3 is 2.33 bits per heavy atom. The summed E-state index contributed by atoms with van der Waals surface area (Å²) in [6.45, 7) is 8.73. The van der Waals surface area contributed by atoms with Gasteiger partial charge in [-0.3, -0.25) is 9.69 Å². The minimum atomic E-state index is -0.844. The molecule has 1 unspecified atom stereocenters. The Morgan fingerprint density at radius 1 is 1.47 bits per heavy atom. The Balaban J connectivity index is 4.32. The van der Waals surface area contributed by atoms with Crippen LogP contribution in [0, 0.1) is 5.92 Å². The number of aliphatic hydroxyl groups is 1. The van der Waals surface area contributed by atoms with Crippen LogP contribution in [0.2, 0.25) is 0 Å². The van der Waals surface area contributed by atoms with Gasteiger partial charge in [0.25, 0.3) is 0 Å². The van der Waals surface area contributed by atoms with Gasteiger partial charge in [0, 0.05) is 6.54 Å². The molecule has 0 saturated heterocycles. The van der Waals surface area contributed by atoms with Crippen molar-refractivity contribution < 1.29 is 15.0 Å². The third kappa shape index (κ3) is 5.74. The van der Waals surface area contributed by atoms with Gasteiger partial charge in [0.1, 0.15) is 0 Å². The summed E-state index contributed by atoms with van der Waals surface area (Å²) in [6.07, 6.45) is 0.890. The lowest BCUT2D eigenvalue weighted by Gasteiger charge is -2.33. The second-order valence-corrected chi connectivity index (χ2v) is 4.62. The van der Waals surface area contributed by atoms with Gasteiger partial charge in [0.2, 0.25) is 0 Å². The molecule has 0 bridgehead atoms. The van der Waals surface area contributed by atoms with Crippen LogP contribution in [0.5, 0.6) is 0 Å². The maximum absolute atomic E-state index is 10.6. The first-order valence-electron chi connectivity index (χ1n) is 5.46. The van der Waals surface area contributed by atoms with E-state index in [2.05, 4.69) is 0 Å². The largest absolute Gasteiger partial charge is 0.480 e. The lowest BCUT2D eigenvalue weighted by Crippen LogP contribution is -2.46. The highest BCUT2D eigenvalue weighted by molar-refractivity contribution is 5.69. The normalized spacial score (nSPS) is 15.7. The van der Waals surface area contributed by atoms with Crippen LogP contribution in [0.25, 0.3) is 0 Å². The Kier molecular flexibility index (Phi) is 5.83. The zero-order valence-electron chi connectivity index (χ0n) is 10.2. The number of rotatable bonds is 7. The van der Waals surface area contributed by atoms with Gasteiger partial charge in [-0.05, 0) is 25.8 Å². The van der Waals surface area contributed by atoms with E-state index in [4.69, 9.17) is 5.11 Å². The molecule has 90 valence electrons. The molecular formula is C11H23NO3. The van der Waals surface area contributed by atoms with Gasteiger partial charge >= 0.3 is 5.97 Å². The number of carboxylic acids is 1. The molecule has 0 aliphatic heterocycles. The average molecular weight is 217 g/mol. The molecule has 2 N–H and O–H groups in total. The van der Waals surface area contributed by atoms with Crippen molar-refractivity contribution >= 4 is 5.97 Å². The summed E-state index contributed by atoms with van der Waals surface area (Å²) in [6, 6.07) is 0. The van der Waals surface area contributed by atoms with Crippen LogP contribution >= 0.6 is 0 Å². The predicted molar refractivity (Wildman–Crippen MR) is 59.8 cm³/mol. The molecule has 15 heavy (non-hydrogen) atoms. The highest BCUT2D eigenvalue weighted by Crippen LogP contribution is 2.17. The molecule has 0 spiro atoms. The molecule has 0 radical (unpaired) electrons. The van der Waals surface area contributed by atoms with Crippen LogP contribution in [0.1, 0.15) is 34.1 Å². The van der Waals surface area contributed by atoms with E-state index < -0.39 is 11.6 Å². The second kappa shape index (κ2) is 6.08. The smallest absolute Gasteiger partial charge is 0.317 e. The van der Waals surface area contributed by atoms with Crippen LogP contribution in [0.4, 0.5) is 0 Å². The fraction of sp³-hybridized carbons (Fsp3) is 0.909. The van der Waals surface area contributed by atoms with Crippen molar-refractivity contribution in [2.75, 3.05) is 19.6 Å². The van der Waals surface area contributed by atoms with Crippen molar-refractivity contribution in [3.8, 4) is 0 Å². The summed E-state index contributed by atoms with van der Waals surface area (Å²) in [5.74, 6) is -0.728. The van der Waals surface area contributed by atoms with E-state index in [1.807, 2.05) is 20.8 Å². The van der Waals surface area contributed by atoms with Crippen molar-refractivity contribution in [2.45, 2.75) is 39.7 Å². The standard InChI is InChI=1S/C11H23NO3/c1-5-6-12(7-10(13)14)8-11(4,15)9(2)3/h9,15H,5-8H2,1-4H3,(H,13,14). The molecule has 0 amide bonds. The van der Waals surface area contributed by atoms with Gasteiger partial charge in [0.05, 0.1) is 12.1 Å². The van der Waals surface area contributed by atoms with Gasteiger partial charge < -0.3 is 10.2 Å². The first-order valence-corrected chi connectivity index (χ1v) is 5.46. The number of carboxylic acid groups (broad SMARTS) is 1. The van der Waals surface area contributed by atoms with E-state index in [-0.39, 0.29) is 12.5 Å². The molecule has 0 aromatic heterocycles. The molecular weight excluding hydrogens is 194 g/mol. The Hall–Kier alpha value is -0.610. The molecule has 0 aliphatic carbocycles. The fourth-order valence-corrected chi connectivity index (χ4v) is 1.36. The Labute approximate surface area is 91.9 Å². The van der Waals surface area contributed by atoms with E-state index in [1.165, 1.54) is 0 Å². The zero-order chi connectivity index (χ0) is 12.1. The van der Waals surface area contributed by atoms with Gasteiger partial charge in [0.15, 0.2) is 0 Å². The molecule has 0 aromatic carbocycles. The first-order chi connectivity index (χ1) is 6.79. The molecule has 0 rings (SSSR count). The number of carbonyl (C=O) groups is 1. The molecule has 0 aliphatic rings. The number of aliphatic carboxylic acids is 1. The number of hydrogen-bond acceptors (Lipinski definition) is 3. The van der Waals surface area contributed by atoms with Crippen LogP contribution in [-0.2, 0) is 4.79 Å². The zero-order valence-corrected chi connectivity index (χ0v) is 10.2. The summed E-state index contributed by atoms with van der Waals surface area (Å²) < 4.78 is 0. The van der Waals surface area contributed by atoms with Crippen molar-refractivity contribution in [2.24, 2.45) is 5.92 Å². The first kappa shape index (κ1) is 14.4. The number of hydrogen-bond donors (Lipinski definition) is 2. The summed E-state index contributed by atoms with van der Waals surface area (Å²) in [5, 5.41) is 18.8. The minimum absolute atomic E-state index is 0.00326. The van der Waals surface area contributed by atoms with Crippen LogP contribution in [0.15, 0.2) is 0 Å². The van der Waals surface area contributed by atoms with Crippen LogP contribution < -0.4 is 0 Å². The minimum Gasteiger partial charge on any atom is -0.480 e. The lowest BCUT2D eigenvalue weighted by atomic mass is 9.92. The van der Waals surface area contributed by atoms with Crippen molar-refractivity contribution in [3.63, 3.8) is 0 Å². The summed E-state index contributed by atoms with van der Waals surface area (Å²) >= 11 is 0. The van der Waals surface area contributed by atoms with Gasteiger partial charge in [-0.25, -0.2) is 0 Å². The summed E-state index contributed by atoms with van der Waals surface area (Å²) in [7, 11) is 0. The quantitative estimate of drug-likeness (QED) is 0.672. The topological polar surface area (TPSA) is 60.8 Å². The van der Waals surface area contributed by atoms with Gasteiger partial charge in [-0.15, -0.1) is 0 Å². The molecule has 0 saturated carbocycles. The highest BCUT2D eigenvalue weighted by atomic mass is 16.4. The molecule has 4 heteroatoms.